The third kappa shape index (κ3) is 6.45. The molecule has 10 heteroatoms. The highest BCUT2D eigenvalue weighted by atomic mass is 16.5. The molecule has 220 valence electrons. The minimum atomic E-state index is -0.246. The average Bonchev–Trinajstić information content (AvgIpc) is 2.99. The van der Waals surface area contributed by atoms with E-state index in [1.807, 2.05) is 57.3 Å². The summed E-state index contributed by atoms with van der Waals surface area (Å²) in [5, 5.41) is 3.55. The molecule has 0 unspecified atom stereocenters. The van der Waals surface area contributed by atoms with Crippen molar-refractivity contribution in [3.8, 4) is 5.69 Å². The molecule has 0 atom stereocenters. The van der Waals surface area contributed by atoms with Crippen LogP contribution in [0.25, 0.3) is 16.6 Å². The molecule has 1 saturated heterocycles. The molecule has 0 aliphatic carbocycles. The maximum atomic E-state index is 13.9. The molecule has 2 aromatic carbocycles. The first kappa shape index (κ1) is 29.2. The van der Waals surface area contributed by atoms with Gasteiger partial charge in [-0.05, 0) is 88.9 Å². The molecule has 1 aliphatic rings. The van der Waals surface area contributed by atoms with E-state index >= 15 is 0 Å². The summed E-state index contributed by atoms with van der Waals surface area (Å²) in [5.74, 6) is 1.09. The van der Waals surface area contributed by atoms with E-state index in [1.54, 1.807) is 22.9 Å². The fraction of sp³-hybridized carbons (Fsp3) is 0.375. The summed E-state index contributed by atoms with van der Waals surface area (Å²) in [7, 11) is 6.17. The van der Waals surface area contributed by atoms with Gasteiger partial charge in [0.05, 0.1) is 29.8 Å². The molecule has 10 nitrogen and oxygen atoms in total. The third-order valence-corrected chi connectivity index (χ3v) is 7.61. The number of benzene rings is 2. The highest BCUT2D eigenvalue weighted by molar-refractivity contribution is 6.04. The molecule has 5 rings (SSSR count). The average molecular weight is 570 g/mol. The number of hydrogen-bond donors (Lipinski definition) is 1. The van der Waals surface area contributed by atoms with Gasteiger partial charge in [0.2, 0.25) is 0 Å². The Kier molecular flexibility index (Phi) is 8.84. The van der Waals surface area contributed by atoms with Crippen LogP contribution in [-0.2, 0) is 4.74 Å². The van der Waals surface area contributed by atoms with E-state index in [1.165, 1.54) is 0 Å². The van der Waals surface area contributed by atoms with E-state index in [4.69, 9.17) is 9.72 Å². The van der Waals surface area contributed by atoms with Crippen molar-refractivity contribution in [2.24, 2.45) is 0 Å². The lowest BCUT2D eigenvalue weighted by Crippen LogP contribution is -2.36. The van der Waals surface area contributed by atoms with Crippen LogP contribution in [0.3, 0.4) is 0 Å². The fourth-order valence-electron chi connectivity index (χ4n) is 5.22. The van der Waals surface area contributed by atoms with Crippen molar-refractivity contribution >= 4 is 34.0 Å². The summed E-state index contributed by atoms with van der Waals surface area (Å²) in [4.78, 5) is 42.8. The van der Waals surface area contributed by atoms with Gasteiger partial charge >= 0.3 is 0 Å². The number of anilines is 3. The topological polar surface area (TPSA) is 95.8 Å². The van der Waals surface area contributed by atoms with Crippen molar-refractivity contribution in [2.45, 2.75) is 20.3 Å². The van der Waals surface area contributed by atoms with Crippen LogP contribution in [-0.4, -0.2) is 85.9 Å². The predicted octanol–water partition coefficient (Wildman–Crippen LogP) is 3.87. The Labute approximate surface area is 246 Å². The molecule has 0 radical (unpaired) electrons. The Hall–Kier alpha value is -4.28. The SMILES string of the molecule is Cc1ccc(NC(=O)c2ccnc(N3CCOCC3)c2)cc1-n1c(C)nc2ccc(N(C)CCCN(C)C)cc2c1=O. The monoisotopic (exact) mass is 569 g/mol. The summed E-state index contributed by atoms with van der Waals surface area (Å²) in [5.41, 5.74) is 4.17. The van der Waals surface area contributed by atoms with Gasteiger partial charge in [0.25, 0.3) is 11.5 Å². The Morgan fingerprint density at radius 2 is 1.79 bits per heavy atom. The number of fused-ring (bicyclic) bond motifs is 1. The molecule has 42 heavy (non-hydrogen) atoms. The normalized spacial score (nSPS) is 13.5. The van der Waals surface area contributed by atoms with E-state index < -0.39 is 0 Å². The molecule has 0 spiro atoms. The Bertz CT molecular complexity index is 1640. The van der Waals surface area contributed by atoms with E-state index in [2.05, 4.69) is 39.1 Å². The van der Waals surface area contributed by atoms with Crippen molar-refractivity contribution in [3.63, 3.8) is 0 Å². The molecule has 1 N–H and O–H groups in total. The van der Waals surface area contributed by atoms with Crippen LogP contribution < -0.4 is 20.7 Å². The molecule has 1 aliphatic heterocycles. The lowest BCUT2D eigenvalue weighted by molar-refractivity contribution is 0.102. The number of ether oxygens (including phenoxy) is 1. The zero-order valence-corrected chi connectivity index (χ0v) is 25.1. The number of morpholine rings is 1. The van der Waals surface area contributed by atoms with E-state index in [-0.39, 0.29) is 11.5 Å². The van der Waals surface area contributed by atoms with Crippen molar-refractivity contribution in [1.82, 2.24) is 19.4 Å². The number of rotatable bonds is 9. The Morgan fingerprint density at radius 3 is 2.55 bits per heavy atom. The van der Waals surface area contributed by atoms with Crippen LogP contribution in [0.1, 0.15) is 28.2 Å². The molecule has 1 amide bonds. The predicted molar refractivity (Wildman–Crippen MR) is 168 cm³/mol. The van der Waals surface area contributed by atoms with Crippen LogP contribution in [0.5, 0.6) is 0 Å². The number of hydrogen-bond acceptors (Lipinski definition) is 8. The largest absolute Gasteiger partial charge is 0.378 e. The molecular weight excluding hydrogens is 530 g/mol. The minimum absolute atomic E-state index is 0.142. The maximum absolute atomic E-state index is 13.9. The van der Waals surface area contributed by atoms with E-state index in [9.17, 15) is 9.59 Å². The summed E-state index contributed by atoms with van der Waals surface area (Å²) in [6, 6.07) is 14.9. The van der Waals surface area contributed by atoms with Gasteiger partial charge < -0.3 is 24.8 Å². The molecule has 0 bridgehead atoms. The van der Waals surface area contributed by atoms with Gasteiger partial charge in [-0.15, -0.1) is 0 Å². The first-order chi connectivity index (χ1) is 20.2. The Balaban J connectivity index is 1.42. The molecular formula is C32H39N7O3. The quantitative estimate of drug-likeness (QED) is 0.325. The van der Waals surface area contributed by atoms with Crippen LogP contribution >= 0.6 is 0 Å². The number of aryl methyl sites for hydroxylation is 2. The summed E-state index contributed by atoms with van der Waals surface area (Å²) < 4.78 is 7.06. The van der Waals surface area contributed by atoms with Gasteiger partial charge in [0.15, 0.2) is 0 Å². The first-order valence-corrected chi connectivity index (χ1v) is 14.3. The number of nitrogens with one attached hydrogen (secondary N) is 1. The zero-order valence-electron chi connectivity index (χ0n) is 25.1. The number of carbonyl (C=O) groups is 1. The van der Waals surface area contributed by atoms with Crippen LogP contribution in [0.2, 0.25) is 0 Å². The van der Waals surface area contributed by atoms with Gasteiger partial charge in [-0.2, -0.15) is 0 Å². The highest BCUT2D eigenvalue weighted by Crippen LogP contribution is 2.24. The smallest absolute Gasteiger partial charge is 0.266 e. The standard InChI is InChI=1S/C32H39N7O3/c1-22-7-8-25(35-31(40)24-11-12-33-30(19-24)38-15-17-42-18-16-38)20-29(22)39-23(2)34-28-10-9-26(21-27(28)32(39)41)37(5)14-6-13-36(3)4/h7-12,19-21H,6,13-18H2,1-5H3,(H,35,40). The second-order valence-corrected chi connectivity index (χ2v) is 11.0. The first-order valence-electron chi connectivity index (χ1n) is 14.3. The lowest BCUT2D eigenvalue weighted by atomic mass is 10.1. The van der Waals surface area contributed by atoms with Crippen molar-refractivity contribution in [3.05, 3.63) is 82.0 Å². The summed E-state index contributed by atoms with van der Waals surface area (Å²) in [6.45, 7) is 8.41. The highest BCUT2D eigenvalue weighted by Gasteiger charge is 2.17. The minimum Gasteiger partial charge on any atom is -0.378 e. The van der Waals surface area contributed by atoms with Crippen LogP contribution in [0.4, 0.5) is 17.2 Å². The Morgan fingerprint density at radius 1 is 1.00 bits per heavy atom. The van der Waals surface area contributed by atoms with Gasteiger partial charge in [-0.1, -0.05) is 6.07 Å². The zero-order chi connectivity index (χ0) is 29.8. The molecule has 2 aromatic heterocycles. The van der Waals surface area contributed by atoms with E-state index in [0.717, 1.165) is 49.7 Å². The van der Waals surface area contributed by atoms with Crippen molar-refractivity contribution in [1.29, 1.82) is 0 Å². The van der Waals surface area contributed by atoms with Crippen LogP contribution in [0, 0.1) is 13.8 Å². The summed E-state index contributed by atoms with van der Waals surface area (Å²) in [6.07, 6.45) is 2.67. The maximum Gasteiger partial charge on any atom is 0.266 e. The number of amides is 1. The number of nitrogens with zero attached hydrogens (tertiary/aromatic N) is 6. The van der Waals surface area contributed by atoms with Gasteiger partial charge in [0, 0.05) is 49.8 Å². The van der Waals surface area contributed by atoms with Gasteiger partial charge in [0.1, 0.15) is 11.6 Å². The second-order valence-electron chi connectivity index (χ2n) is 11.0. The van der Waals surface area contributed by atoms with Gasteiger partial charge in [-0.25, -0.2) is 9.97 Å². The molecule has 3 heterocycles. The van der Waals surface area contributed by atoms with Crippen molar-refractivity contribution in [2.75, 3.05) is 75.7 Å². The van der Waals surface area contributed by atoms with Crippen molar-refractivity contribution < 1.29 is 9.53 Å². The second kappa shape index (κ2) is 12.7. The molecule has 0 saturated carbocycles. The number of carbonyl (C=O) groups excluding carboxylic acids is 1. The third-order valence-electron chi connectivity index (χ3n) is 7.61. The molecule has 1 fully saturated rings. The van der Waals surface area contributed by atoms with E-state index in [0.29, 0.717) is 46.9 Å². The summed E-state index contributed by atoms with van der Waals surface area (Å²) >= 11 is 0. The van der Waals surface area contributed by atoms with Crippen LogP contribution in [0.15, 0.2) is 59.5 Å². The number of pyridine rings is 1. The molecule has 4 aromatic rings. The van der Waals surface area contributed by atoms with Gasteiger partial charge in [-0.3, -0.25) is 14.2 Å². The lowest BCUT2D eigenvalue weighted by Gasteiger charge is -2.27. The fourth-order valence-corrected chi connectivity index (χ4v) is 5.22. The number of aromatic nitrogens is 3.